The highest BCUT2D eigenvalue weighted by Gasteiger charge is 2.09. The number of nitrogens with one attached hydrogen (secondary N) is 1. The van der Waals surface area contributed by atoms with Crippen LogP contribution in [0.15, 0.2) is 46.9 Å². The molecule has 0 aliphatic carbocycles. The van der Waals surface area contributed by atoms with Gasteiger partial charge in [-0.05, 0) is 71.8 Å². The molecule has 0 saturated heterocycles. The van der Waals surface area contributed by atoms with Gasteiger partial charge in [0, 0.05) is 0 Å². The number of methoxy groups -OCH3 is 1. The Balaban J connectivity index is 2.08. The molecule has 5 heteroatoms. The van der Waals surface area contributed by atoms with Crippen molar-refractivity contribution in [1.82, 2.24) is 5.32 Å². The van der Waals surface area contributed by atoms with Crippen molar-refractivity contribution in [2.45, 2.75) is 6.42 Å². The summed E-state index contributed by atoms with van der Waals surface area (Å²) >= 11 is 3.41. The first-order chi connectivity index (χ1) is 10.6. The summed E-state index contributed by atoms with van der Waals surface area (Å²) in [5.41, 5.74) is 1.73. The summed E-state index contributed by atoms with van der Waals surface area (Å²) in [7, 11) is 3.29. The van der Waals surface area contributed by atoms with Gasteiger partial charge in [-0.1, -0.05) is 12.1 Å². The minimum atomic E-state index is -0.374. The van der Waals surface area contributed by atoms with Crippen molar-refractivity contribution in [3.63, 3.8) is 0 Å². The van der Waals surface area contributed by atoms with Gasteiger partial charge in [0.1, 0.15) is 11.5 Å². The second kappa shape index (κ2) is 7.96. The number of hydrogen-bond donors (Lipinski definition) is 1. The lowest BCUT2D eigenvalue weighted by Crippen LogP contribution is -2.10. The lowest BCUT2D eigenvalue weighted by Gasteiger charge is -2.09. The predicted molar refractivity (Wildman–Crippen MR) is 89.6 cm³/mol. The molecule has 0 aromatic heterocycles. The molecular formula is C17H18BrNO3. The van der Waals surface area contributed by atoms with E-state index in [0.717, 1.165) is 18.7 Å². The van der Waals surface area contributed by atoms with Gasteiger partial charge in [-0.3, -0.25) is 0 Å². The van der Waals surface area contributed by atoms with Crippen LogP contribution >= 0.6 is 15.9 Å². The summed E-state index contributed by atoms with van der Waals surface area (Å²) < 4.78 is 11.2. The summed E-state index contributed by atoms with van der Waals surface area (Å²) in [6, 6.07) is 13.1. The van der Waals surface area contributed by atoms with E-state index in [9.17, 15) is 4.79 Å². The predicted octanol–water partition coefficient (Wildman–Crippen LogP) is 3.79. The molecule has 116 valence electrons. The topological polar surface area (TPSA) is 47.6 Å². The van der Waals surface area contributed by atoms with Gasteiger partial charge in [0.05, 0.1) is 17.1 Å². The molecule has 0 saturated carbocycles. The fraction of sp³-hybridized carbons (Fsp3) is 0.235. The molecule has 0 spiro atoms. The van der Waals surface area contributed by atoms with E-state index < -0.39 is 0 Å². The quantitative estimate of drug-likeness (QED) is 0.793. The molecule has 0 aliphatic heterocycles. The van der Waals surface area contributed by atoms with Crippen molar-refractivity contribution in [2.75, 3.05) is 20.7 Å². The smallest absolute Gasteiger partial charge is 0.337 e. The standard InChI is InChI=1S/C17H18BrNO3/c1-19-10-9-12-3-6-14(7-4-12)22-16-8-5-13(11-15(16)18)17(20)21-2/h3-8,11,19H,9-10H2,1-2H3. The highest BCUT2D eigenvalue weighted by Crippen LogP contribution is 2.30. The number of hydrogen-bond acceptors (Lipinski definition) is 4. The number of rotatable bonds is 6. The number of ether oxygens (including phenoxy) is 2. The molecule has 0 amide bonds. The Morgan fingerprint density at radius 1 is 1.18 bits per heavy atom. The third kappa shape index (κ3) is 4.32. The number of halogens is 1. The van der Waals surface area contributed by atoms with Crippen LogP contribution in [0.5, 0.6) is 11.5 Å². The Morgan fingerprint density at radius 3 is 2.50 bits per heavy atom. The van der Waals surface area contributed by atoms with Gasteiger partial charge in [0.2, 0.25) is 0 Å². The van der Waals surface area contributed by atoms with Crippen LogP contribution in [-0.2, 0) is 11.2 Å². The maximum atomic E-state index is 11.5. The second-order valence-electron chi connectivity index (χ2n) is 4.74. The van der Waals surface area contributed by atoms with Crippen LogP contribution in [0.2, 0.25) is 0 Å². The molecule has 0 unspecified atom stereocenters. The van der Waals surface area contributed by atoms with Crippen LogP contribution in [0.4, 0.5) is 0 Å². The lowest BCUT2D eigenvalue weighted by atomic mass is 10.1. The van der Waals surface area contributed by atoms with Gasteiger partial charge in [-0.25, -0.2) is 4.79 Å². The normalized spacial score (nSPS) is 10.3. The molecule has 2 rings (SSSR count). The van der Waals surface area contributed by atoms with Gasteiger partial charge >= 0.3 is 5.97 Å². The minimum Gasteiger partial charge on any atom is -0.465 e. The molecule has 1 N–H and O–H groups in total. The first kappa shape index (κ1) is 16.5. The number of likely N-dealkylation sites (N-methyl/N-ethyl adjacent to an activating group) is 1. The molecule has 0 radical (unpaired) electrons. The van der Waals surface area contributed by atoms with E-state index in [1.807, 2.05) is 31.3 Å². The number of carbonyl (C=O) groups is 1. The fourth-order valence-corrected chi connectivity index (χ4v) is 2.41. The Bertz CT molecular complexity index is 641. The number of carbonyl (C=O) groups excluding carboxylic acids is 1. The molecule has 0 atom stereocenters. The van der Waals surface area contributed by atoms with E-state index in [4.69, 9.17) is 4.74 Å². The van der Waals surface area contributed by atoms with Gasteiger partial charge in [-0.15, -0.1) is 0 Å². The number of benzene rings is 2. The zero-order valence-corrected chi connectivity index (χ0v) is 14.1. The first-order valence-electron chi connectivity index (χ1n) is 6.93. The molecule has 4 nitrogen and oxygen atoms in total. The van der Waals surface area contributed by atoms with Gasteiger partial charge in [0.15, 0.2) is 0 Å². The van der Waals surface area contributed by atoms with Crippen molar-refractivity contribution >= 4 is 21.9 Å². The van der Waals surface area contributed by atoms with Crippen molar-refractivity contribution in [3.8, 4) is 11.5 Å². The largest absolute Gasteiger partial charge is 0.465 e. The summed E-state index contributed by atoms with van der Waals surface area (Å²) in [5.74, 6) is 1.02. The van der Waals surface area contributed by atoms with Crippen molar-refractivity contribution in [2.24, 2.45) is 0 Å². The second-order valence-corrected chi connectivity index (χ2v) is 5.59. The molecule has 0 bridgehead atoms. The van der Waals surface area contributed by atoms with Crippen molar-refractivity contribution in [3.05, 3.63) is 58.1 Å². The fourth-order valence-electron chi connectivity index (χ4n) is 1.95. The van der Waals surface area contributed by atoms with E-state index in [-0.39, 0.29) is 5.97 Å². The van der Waals surface area contributed by atoms with Crippen molar-refractivity contribution in [1.29, 1.82) is 0 Å². The third-order valence-corrected chi connectivity index (χ3v) is 3.79. The Kier molecular flexibility index (Phi) is 5.98. The Morgan fingerprint density at radius 2 is 1.91 bits per heavy atom. The number of esters is 1. The van der Waals surface area contributed by atoms with E-state index in [0.29, 0.717) is 15.8 Å². The van der Waals surface area contributed by atoms with Crippen LogP contribution in [0.25, 0.3) is 0 Å². The Hall–Kier alpha value is -1.85. The third-order valence-electron chi connectivity index (χ3n) is 3.17. The Labute approximate surface area is 138 Å². The SMILES string of the molecule is CNCCc1ccc(Oc2ccc(C(=O)OC)cc2Br)cc1. The van der Waals surface area contributed by atoms with E-state index in [2.05, 4.69) is 26.0 Å². The summed E-state index contributed by atoms with van der Waals surface area (Å²) in [5, 5.41) is 3.12. The van der Waals surface area contributed by atoms with Crippen LogP contribution in [0.1, 0.15) is 15.9 Å². The van der Waals surface area contributed by atoms with E-state index in [1.165, 1.54) is 12.7 Å². The van der Waals surface area contributed by atoms with Gasteiger partial charge in [0.25, 0.3) is 0 Å². The van der Waals surface area contributed by atoms with E-state index >= 15 is 0 Å². The van der Waals surface area contributed by atoms with Crippen LogP contribution in [0, 0.1) is 0 Å². The van der Waals surface area contributed by atoms with Gasteiger partial charge < -0.3 is 14.8 Å². The zero-order chi connectivity index (χ0) is 15.9. The maximum absolute atomic E-state index is 11.5. The van der Waals surface area contributed by atoms with Gasteiger partial charge in [-0.2, -0.15) is 0 Å². The minimum absolute atomic E-state index is 0.374. The molecule has 22 heavy (non-hydrogen) atoms. The van der Waals surface area contributed by atoms with Crippen molar-refractivity contribution < 1.29 is 14.3 Å². The van der Waals surface area contributed by atoms with Crippen LogP contribution in [0.3, 0.4) is 0 Å². The zero-order valence-electron chi connectivity index (χ0n) is 12.6. The molecule has 2 aromatic carbocycles. The summed E-state index contributed by atoms with van der Waals surface area (Å²) in [4.78, 5) is 11.5. The highest BCUT2D eigenvalue weighted by atomic mass is 79.9. The van der Waals surface area contributed by atoms with E-state index in [1.54, 1.807) is 18.2 Å². The maximum Gasteiger partial charge on any atom is 0.337 e. The summed E-state index contributed by atoms with van der Waals surface area (Å²) in [6.07, 6.45) is 0.980. The average molecular weight is 364 g/mol. The monoisotopic (exact) mass is 363 g/mol. The molecular weight excluding hydrogens is 346 g/mol. The average Bonchev–Trinajstić information content (AvgIpc) is 2.55. The molecule has 2 aromatic rings. The van der Waals surface area contributed by atoms with Crippen LogP contribution in [-0.4, -0.2) is 26.7 Å². The first-order valence-corrected chi connectivity index (χ1v) is 7.72. The highest BCUT2D eigenvalue weighted by molar-refractivity contribution is 9.10. The molecule has 0 heterocycles. The van der Waals surface area contributed by atoms with Crippen LogP contribution < -0.4 is 10.1 Å². The summed E-state index contributed by atoms with van der Waals surface area (Å²) in [6.45, 7) is 0.945. The lowest BCUT2D eigenvalue weighted by molar-refractivity contribution is 0.0600. The molecule has 0 fully saturated rings. The molecule has 0 aliphatic rings.